The number of aromatic hydroxyl groups is 1. The molecule has 0 saturated heterocycles. The minimum atomic E-state index is 0.273. The van der Waals surface area contributed by atoms with Crippen molar-refractivity contribution >= 4 is 0 Å². The largest absolute Gasteiger partial charge is 0.504 e. The van der Waals surface area contributed by atoms with Crippen LogP contribution in [0, 0.1) is 6.92 Å². The van der Waals surface area contributed by atoms with Gasteiger partial charge in [0.2, 0.25) is 0 Å². The van der Waals surface area contributed by atoms with Crippen LogP contribution in [0.4, 0.5) is 0 Å². The van der Waals surface area contributed by atoms with Crippen molar-refractivity contribution in [2.75, 3.05) is 13.7 Å². The molecule has 1 aromatic rings. The Bertz CT molecular complexity index is 324. The van der Waals surface area contributed by atoms with Crippen LogP contribution in [0.5, 0.6) is 11.5 Å². The molecule has 3 heteroatoms. The molecule has 0 unspecified atom stereocenters. The molecule has 0 aliphatic rings. The number of methoxy groups -OCH3 is 1. The number of phenolic OH excluding ortho intramolecular Hbond substituents is 1. The fraction of sp³-hybridized carbons (Fsp3) is 0.500. The lowest BCUT2D eigenvalue weighted by molar-refractivity contribution is 0.370. The van der Waals surface area contributed by atoms with E-state index in [1.54, 1.807) is 13.2 Å². The van der Waals surface area contributed by atoms with E-state index < -0.39 is 0 Å². The molecule has 0 heterocycles. The normalized spacial score (nSPS) is 10.3. The maximum absolute atomic E-state index is 9.91. The van der Waals surface area contributed by atoms with E-state index in [4.69, 9.17) is 10.5 Å². The summed E-state index contributed by atoms with van der Waals surface area (Å²) >= 11 is 0. The second-order valence-electron chi connectivity index (χ2n) is 3.66. The summed E-state index contributed by atoms with van der Waals surface area (Å²) in [5, 5.41) is 9.91. The number of hydrogen-bond acceptors (Lipinski definition) is 3. The molecule has 3 N–H and O–H groups in total. The second kappa shape index (κ2) is 5.61. The number of rotatable bonds is 5. The minimum Gasteiger partial charge on any atom is -0.504 e. The molecule has 0 saturated carbocycles. The first-order valence-corrected chi connectivity index (χ1v) is 5.26. The van der Waals surface area contributed by atoms with Gasteiger partial charge in [-0.15, -0.1) is 0 Å². The lowest BCUT2D eigenvalue weighted by Gasteiger charge is -2.11. The standard InChI is InChI=1S/C12H19NO2/c1-9-6-7-11(15-2)12(14)10(9)5-3-4-8-13/h6-7,14H,3-5,8,13H2,1-2H3. The number of nitrogens with two attached hydrogens (primary N) is 1. The highest BCUT2D eigenvalue weighted by atomic mass is 16.5. The van der Waals surface area contributed by atoms with Gasteiger partial charge in [-0.1, -0.05) is 6.07 Å². The second-order valence-corrected chi connectivity index (χ2v) is 3.66. The van der Waals surface area contributed by atoms with Crippen LogP contribution in [-0.2, 0) is 6.42 Å². The van der Waals surface area contributed by atoms with E-state index in [0.29, 0.717) is 12.3 Å². The fourth-order valence-electron chi connectivity index (χ4n) is 1.64. The molecule has 84 valence electrons. The van der Waals surface area contributed by atoms with Crippen molar-refractivity contribution in [3.8, 4) is 11.5 Å². The summed E-state index contributed by atoms with van der Waals surface area (Å²) < 4.78 is 5.07. The zero-order valence-electron chi connectivity index (χ0n) is 9.42. The van der Waals surface area contributed by atoms with Crippen molar-refractivity contribution in [3.63, 3.8) is 0 Å². The zero-order valence-corrected chi connectivity index (χ0v) is 9.42. The Labute approximate surface area is 90.9 Å². The third-order valence-corrected chi connectivity index (χ3v) is 2.58. The molecule has 0 aliphatic heterocycles. The molecule has 0 aliphatic carbocycles. The Morgan fingerprint density at radius 2 is 2.07 bits per heavy atom. The summed E-state index contributed by atoms with van der Waals surface area (Å²) in [6.45, 7) is 2.70. The van der Waals surface area contributed by atoms with Gasteiger partial charge in [-0.05, 0) is 44.4 Å². The third-order valence-electron chi connectivity index (χ3n) is 2.58. The molecule has 0 spiro atoms. The van der Waals surface area contributed by atoms with Crippen LogP contribution in [0.1, 0.15) is 24.0 Å². The van der Waals surface area contributed by atoms with E-state index in [1.807, 2.05) is 13.0 Å². The van der Waals surface area contributed by atoms with Crippen molar-refractivity contribution in [1.82, 2.24) is 0 Å². The van der Waals surface area contributed by atoms with Gasteiger partial charge in [0.25, 0.3) is 0 Å². The van der Waals surface area contributed by atoms with Gasteiger partial charge in [-0.25, -0.2) is 0 Å². The van der Waals surface area contributed by atoms with Gasteiger partial charge in [-0.3, -0.25) is 0 Å². The molecule has 0 radical (unpaired) electrons. The van der Waals surface area contributed by atoms with Gasteiger partial charge in [0.1, 0.15) is 0 Å². The van der Waals surface area contributed by atoms with Crippen molar-refractivity contribution in [3.05, 3.63) is 23.3 Å². The molecular weight excluding hydrogens is 190 g/mol. The fourth-order valence-corrected chi connectivity index (χ4v) is 1.64. The number of unbranched alkanes of at least 4 members (excludes halogenated alkanes) is 1. The van der Waals surface area contributed by atoms with Gasteiger partial charge in [-0.2, -0.15) is 0 Å². The van der Waals surface area contributed by atoms with E-state index in [1.165, 1.54) is 0 Å². The smallest absolute Gasteiger partial charge is 0.161 e. The first-order valence-electron chi connectivity index (χ1n) is 5.26. The summed E-state index contributed by atoms with van der Waals surface area (Å²) in [6.07, 6.45) is 2.83. The lowest BCUT2D eigenvalue weighted by Crippen LogP contribution is -2.00. The molecule has 1 aromatic carbocycles. The first kappa shape index (κ1) is 11.9. The van der Waals surface area contributed by atoms with Crippen LogP contribution in [0.25, 0.3) is 0 Å². The molecule has 0 bridgehead atoms. The van der Waals surface area contributed by atoms with Gasteiger partial charge in [0.05, 0.1) is 7.11 Å². The summed E-state index contributed by atoms with van der Waals surface area (Å²) in [6, 6.07) is 3.76. The van der Waals surface area contributed by atoms with Crippen LogP contribution in [-0.4, -0.2) is 18.8 Å². The first-order chi connectivity index (χ1) is 7.20. The average molecular weight is 209 g/mol. The highest BCUT2D eigenvalue weighted by Crippen LogP contribution is 2.32. The number of hydrogen-bond donors (Lipinski definition) is 2. The Morgan fingerprint density at radius 3 is 2.67 bits per heavy atom. The van der Waals surface area contributed by atoms with Gasteiger partial charge in [0, 0.05) is 5.56 Å². The highest BCUT2D eigenvalue weighted by Gasteiger charge is 2.09. The Morgan fingerprint density at radius 1 is 1.33 bits per heavy atom. The SMILES string of the molecule is COc1ccc(C)c(CCCCN)c1O. The van der Waals surface area contributed by atoms with Crippen LogP contribution >= 0.6 is 0 Å². The highest BCUT2D eigenvalue weighted by molar-refractivity contribution is 5.49. The predicted molar refractivity (Wildman–Crippen MR) is 61.4 cm³/mol. The van der Waals surface area contributed by atoms with E-state index in [9.17, 15) is 5.11 Å². The zero-order chi connectivity index (χ0) is 11.3. The molecule has 1 rings (SSSR count). The monoisotopic (exact) mass is 209 g/mol. The number of ether oxygens (including phenoxy) is 1. The van der Waals surface area contributed by atoms with E-state index in [2.05, 4.69) is 0 Å². The van der Waals surface area contributed by atoms with Crippen LogP contribution in [0.3, 0.4) is 0 Å². The summed E-state index contributed by atoms with van der Waals surface area (Å²) in [7, 11) is 1.56. The molecule has 0 amide bonds. The van der Waals surface area contributed by atoms with Gasteiger partial charge >= 0.3 is 0 Å². The van der Waals surface area contributed by atoms with Crippen LogP contribution in [0.2, 0.25) is 0 Å². The van der Waals surface area contributed by atoms with E-state index in [0.717, 1.165) is 30.4 Å². The maximum atomic E-state index is 9.91. The summed E-state index contributed by atoms with van der Waals surface area (Å²) in [5.74, 6) is 0.817. The van der Waals surface area contributed by atoms with Crippen molar-refractivity contribution in [2.45, 2.75) is 26.2 Å². The Hall–Kier alpha value is -1.22. The summed E-state index contributed by atoms with van der Waals surface area (Å²) in [4.78, 5) is 0. The van der Waals surface area contributed by atoms with E-state index in [-0.39, 0.29) is 5.75 Å². The quantitative estimate of drug-likeness (QED) is 0.729. The molecule has 15 heavy (non-hydrogen) atoms. The summed E-state index contributed by atoms with van der Waals surface area (Å²) in [5.41, 5.74) is 7.51. The Balaban J connectivity index is 2.84. The number of aryl methyl sites for hydroxylation is 1. The molecule has 0 fully saturated rings. The van der Waals surface area contributed by atoms with Crippen molar-refractivity contribution < 1.29 is 9.84 Å². The molecule has 0 aromatic heterocycles. The molecular formula is C12H19NO2. The minimum absolute atomic E-state index is 0.273. The van der Waals surface area contributed by atoms with Gasteiger partial charge < -0.3 is 15.6 Å². The van der Waals surface area contributed by atoms with Crippen molar-refractivity contribution in [1.29, 1.82) is 0 Å². The van der Waals surface area contributed by atoms with Crippen molar-refractivity contribution in [2.24, 2.45) is 5.73 Å². The predicted octanol–water partition coefficient (Wildman–Crippen LogP) is 1.99. The third kappa shape index (κ3) is 2.86. The topological polar surface area (TPSA) is 55.5 Å². The number of phenols is 1. The average Bonchev–Trinajstić information content (AvgIpc) is 2.23. The van der Waals surface area contributed by atoms with E-state index >= 15 is 0 Å². The lowest BCUT2D eigenvalue weighted by atomic mass is 10.0. The number of benzene rings is 1. The maximum Gasteiger partial charge on any atom is 0.161 e. The van der Waals surface area contributed by atoms with Crippen LogP contribution < -0.4 is 10.5 Å². The molecule has 0 atom stereocenters. The molecule has 3 nitrogen and oxygen atoms in total. The Kier molecular flexibility index (Phi) is 4.43. The van der Waals surface area contributed by atoms with Crippen LogP contribution in [0.15, 0.2) is 12.1 Å². The van der Waals surface area contributed by atoms with Gasteiger partial charge in [0.15, 0.2) is 11.5 Å².